The summed E-state index contributed by atoms with van der Waals surface area (Å²) in [7, 11) is 0. The lowest BCUT2D eigenvalue weighted by atomic mass is 10.1. The number of fused-ring (bicyclic) bond motifs is 1. The third-order valence-corrected chi connectivity index (χ3v) is 4.58. The first-order chi connectivity index (χ1) is 14.6. The normalized spacial score (nSPS) is 10.8. The number of aryl methyl sites for hydroxylation is 1. The van der Waals surface area contributed by atoms with Crippen molar-refractivity contribution in [3.63, 3.8) is 0 Å². The Bertz CT molecular complexity index is 986. The van der Waals surface area contributed by atoms with E-state index in [1.807, 2.05) is 56.5 Å². The highest BCUT2D eigenvalue weighted by Crippen LogP contribution is 2.39. The van der Waals surface area contributed by atoms with Gasteiger partial charge in [-0.3, -0.25) is 4.79 Å². The van der Waals surface area contributed by atoms with Gasteiger partial charge in [0.15, 0.2) is 11.5 Å². The summed E-state index contributed by atoms with van der Waals surface area (Å²) in [4.78, 5) is 17.4. The van der Waals surface area contributed by atoms with E-state index in [1.165, 1.54) is 0 Å². The summed E-state index contributed by atoms with van der Waals surface area (Å²) in [6.45, 7) is 9.59. The van der Waals surface area contributed by atoms with Crippen molar-refractivity contribution in [2.45, 2.75) is 34.1 Å². The first-order valence-electron chi connectivity index (χ1n) is 10.4. The molecule has 0 saturated carbocycles. The second kappa shape index (κ2) is 10.0. The molecule has 3 rings (SSSR count). The van der Waals surface area contributed by atoms with Gasteiger partial charge in [-0.05, 0) is 52.0 Å². The molecule has 0 unspecified atom stereocenters. The van der Waals surface area contributed by atoms with Crippen LogP contribution in [0, 0.1) is 6.92 Å². The maximum Gasteiger partial charge on any atom is 0.251 e. The number of hydrogen-bond acceptors (Lipinski definition) is 5. The van der Waals surface area contributed by atoms with Crippen LogP contribution in [0.25, 0.3) is 5.65 Å². The number of ether oxygens (including phenoxy) is 3. The lowest BCUT2D eigenvalue weighted by Crippen LogP contribution is -2.26. The summed E-state index contributed by atoms with van der Waals surface area (Å²) in [5.41, 5.74) is 3.43. The van der Waals surface area contributed by atoms with E-state index < -0.39 is 0 Å². The number of pyridine rings is 1. The fraction of sp³-hybridized carbons (Fsp3) is 0.391. The quantitative estimate of drug-likeness (QED) is 0.549. The van der Waals surface area contributed by atoms with Crippen molar-refractivity contribution in [1.82, 2.24) is 14.7 Å². The fourth-order valence-corrected chi connectivity index (χ4v) is 3.25. The summed E-state index contributed by atoms with van der Waals surface area (Å²) < 4.78 is 19.1. The average molecular weight is 412 g/mol. The highest BCUT2D eigenvalue weighted by molar-refractivity contribution is 5.95. The molecule has 3 aromatic rings. The van der Waals surface area contributed by atoms with Crippen molar-refractivity contribution in [1.29, 1.82) is 0 Å². The second-order valence-electron chi connectivity index (χ2n) is 6.73. The Morgan fingerprint density at radius 3 is 2.30 bits per heavy atom. The Hall–Kier alpha value is -3.22. The van der Waals surface area contributed by atoms with Crippen molar-refractivity contribution in [3.05, 3.63) is 53.5 Å². The molecule has 0 saturated heterocycles. The molecule has 0 atom stereocenters. The molecule has 7 heteroatoms. The monoisotopic (exact) mass is 411 g/mol. The van der Waals surface area contributed by atoms with Gasteiger partial charge in [-0.15, -0.1) is 0 Å². The number of carbonyl (C=O) groups excluding carboxylic acids is 1. The average Bonchev–Trinajstić information content (AvgIpc) is 3.15. The molecule has 0 spiro atoms. The first-order valence-corrected chi connectivity index (χ1v) is 10.4. The van der Waals surface area contributed by atoms with E-state index in [9.17, 15) is 4.79 Å². The van der Waals surface area contributed by atoms with Crippen LogP contribution in [0.5, 0.6) is 17.2 Å². The summed E-state index contributed by atoms with van der Waals surface area (Å²) >= 11 is 0. The van der Waals surface area contributed by atoms with Crippen molar-refractivity contribution in [2.75, 3.05) is 26.4 Å². The molecule has 0 aliphatic rings. The highest BCUT2D eigenvalue weighted by Gasteiger charge is 2.18. The number of rotatable bonds is 10. The molecule has 1 N–H and O–H groups in total. The van der Waals surface area contributed by atoms with Crippen LogP contribution >= 0.6 is 0 Å². The topological polar surface area (TPSA) is 74.1 Å². The molecule has 0 aliphatic carbocycles. The predicted octanol–water partition coefficient (Wildman–Crippen LogP) is 3.81. The summed E-state index contributed by atoms with van der Waals surface area (Å²) in [5, 5.41) is 2.96. The number of aromatic nitrogens is 2. The predicted molar refractivity (Wildman–Crippen MR) is 116 cm³/mol. The highest BCUT2D eigenvalue weighted by atomic mass is 16.5. The number of imidazole rings is 1. The summed E-state index contributed by atoms with van der Waals surface area (Å²) in [6.07, 6.45) is 2.65. The lowest BCUT2D eigenvalue weighted by molar-refractivity contribution is 0.0953. The van der Waals surface area contributed by atoms with E-state index in [0.29, 0.717) is 55.6 Å². The summed E-state index contributed by atoms with van der Waals surface area (Å²) in [5.74, 6) is 1.34. The van der Waals surface area contributed by atoms with Gasteiger partial charge >= 0.3 is 0 Å². The lowest BCUT2D eigenvalue weighted by Gasteiger charge is -2.17. The molecule has 160 valence electrons. The standard InChI is InChI=1S/C23H29N3O4/c1-5-28-19-13-17(14-20(29-6-2)22(19)30-7-3)23(27)24-12-11-18-15-26-16(4)9-8-10-21(26)25-18/h8-10,13-15H,5-7,11-12H2,1-4H3,(H,24,27). The Balaban J connectivity index is 1.72. The fourth-order valence-electron chi connectivity index (χ4n) is 3.25. The molecule has 0 radical (unpaired) electrons. The second-order valence-corrected chi connectivity index (χ2v) is 6.73. The Kier molecular flexibility index (Phi) is 7.17. The molecule has 0 fully saturated rings. The Labute approximate surface area is 177 Å². The van der Waals surface area contributed by atoms with Gasteiger partial charge in [-0.25, -0.2) is 4.98 Å². The van der Waals surface area contributed by atoms with Crippen LogP contribution in [0.2, 0.25) is 0 Å². The van der Waals surface area contributed by atoms with Crippen molar-refractivity contribution < 1.29 is 19.0 Å². The van der Waals surface area contributed by atoms with Crippen LogP contribution in [-0.4, -0.2) is 41.7 Å². The number of amides is 1. The minimum absolute atomic E-state index is 0.195. The molecule has 2 aromatic heterocycles. The Morgan fingerprint density at radius 1 is 1.03 bits per heavy atom. The molecule has 0 bridgehead atoms. The van der Waals surface area contributed by atoms with Gasteiger partial charge < -0.3 is 23.9 Å². The van der Waals surface area contributed by atoms with Crippen LogP contribution in [-0.2, 0) is 6.42 Å². The van der Waals surface area contributed by atoms with Gasteiger partial charge in [0.25, 0.3) is 5.91 Å². The van der Waals surface area contributed by atoms with E-state index in [-0.39, 0.29) is 5.91 Å². The van der Waals surface area contributed by atoms with Crippen LogP contribution in [0.15, 0.2) is 36.5 Å². The number of nitrogens with zero attached hydrogens (tertiary/aromatic N) is 2. The van der Waals surface area contributed by atoms with Gasteiger partial charge in [0.05, 0.1) is 25.5 Å². The third-order valence-electron chi connectivity index (χ3n) is 4.58. The van der Waals surface area contributed by atoms with Crippen LogP contribution in [0.3, 0.4) is 0 Å². The van der Waals surface area contributed by atoms with Gasteiger partial charge in [-0.1, -0.05) is 6.07 Å². The summed E-state index contributed by atoms with van der Waals surface area (Å²) in [6, 6.07) is 9.39. The molecule has 2 heterocycles. The minimum Gasteiger partial charge on any atom is -0.490 e. The molecule has 1 amide bonds. The van der Waals surface area contributed by atoms with Crippen molar-refractivity contribution in [3.8, 4) is 17.2 Å². The molecule has 0 aliphatic heterocycles. The van der Waals surface area contributed by atoms with Crippen LogP contribution in [0.4, 0.5) is 0 Å². The molecular formula is C23H29N3O4. The van der Waals surface area contributed by atoms with Crippen molar-refractivity contribution >= 4 is 11.6 Å². The zero-order valence-corrected chi connectivity index (χ0v) is 18.0. The van der Waals surface area contributed by atoms with Crippen LogP contribution < -0.4 is 19.5 Å². The number of benzene rings is 1. The van der Waals surface area contributed by atoms with E-state index in [2.05, 4.69) is 10.3 Å². The molecule has 1 aromatic carbocycles. The van der Waals surface area contributed by atoms with Gasteiger partial charge in [0.1, 0.15) is 5.65 Å². The maximum absolute atomic E-state index is 12.8. The smallest absolute Gasteiger partial charge is 0.251 e. The number of nitrogens with one attached hydrogen (secondary N) is 1. The molecule has 30 heavy (non-hydrogen) atoms. The van der Waals surface area contributed by atoms with Gasteiger partial charge in [0, 0.05) is 30.4 Å². The first kappa shape index (κ1) is 21.5. The number of hydrogen-bond donors (Lipinski definition) is 1. The molecule has 7 nitrogen and oxygen atoms in total. The van der Waals surface area contributed by atoms with E-state index in [4.69, 9.17) is 14.2 Å². The van der Waals surface area contributed by atoms with E-state index >= 15 is 0 Å². The third kappa shape index (κ3) is 4.84. The zero-order chi connectivity index (χ0) is 21.5. The minimum atomic E-state index is -0.195. The maximum atomic E-state index is 12.8. The largest absolute Gasteiger partial charge is 0.490 e. The van der Waals surface area contributed by atoms with Gasteiger partial charge in [0.2, 0.25) is 5.75 Å². The molecular weight excluding hydrogens is 382 g/mol. The van der Waals surface area contributed by atoms with E-state index in [0.717, 1.165) is 17.0 Å². The van der Waals surface area contributed by atoms with Gasteiger partial charge in [-0.2, -0.15) is 0 Å². The number of carbonyl (C=O) groups is 1. The zero-order valence-electron chi connectivity index (χ0n) is 18.0. The van der Waals surface area contributed by atoms with Crippen LogP contribution in [0.1, 0.15) is 42.5 Å². The SMILES string of the molecule is CCOc1cc(C(=O)NCCc2cn3c(C)cccc3n2)cc(OCC)c1OCC. The van der Waals surface area contributed by atoms with Crippen molar-refractivity contribution in [2.24, 2.45) is 0 Å². The Morgan fingerprint density at radius 2 is 1.70 bits per heavy atom. The van der Waals surface area contributed by atoms with E-state index in [1.54, 1.807) is 12.1 Å².